The van der Waals surface area contributed by atoms with Crippen molar-refractivity contribution < 1.29 is 23.5 Å². The lowest BCUT2D eigenvalue weighted by Crippen LogP contribution is -2.16. The zero-order valence-corrected chi connectivity index (χ0v) is 17.8. The van der Waals surface area contributed by atoms with Gasteiger partial charge in [0.2, 0.25) is 0 Å². The van der Waals surface area contributed by atoms with Crippen molar-refractivity contribution in [1.29, 1.82) is 0 Å². The molecular weight excluding hydrogens is 399 g/mol. The van der Waals surface area contributed by atoms with Gasteiger partial charge in [-0.2, -0.15) is 0 Å². The van der Waals surface area contributed by atoms with Crippen molar-refractivity contribution in [3.8, 4) is 11.6 Å². The quantitative estimate of drug-likeness (QED) is 0.316. The molecule has 0 spiro atoms. The molecule has 7 heteroatoms. The molecular formula is C24H27FN2O4. The number of esters is 1. The van der Waals surface area contributed by atoms with Crippen LogP contribution in [0.25, 0.3) is 0 Å². The van der Waals surface area contributed by atoms with Gasteiger partial charge in [0.15, 0.2) is 5.82 Å². The molecule has 31 heavy (non-hydrogen) atoms. The Balaban J connectivity index is 1.30. The van der Waals surface area contributed by atoms with Crippen molar-refractivity contribution in [2.75, 3.05) is 6.61 Å². The third-order valence-corrected chi connectivity index (χ3v) is 6.19. The summed E-state index contributed by atoms with van der Waals surface area (Å²) in [5, 5.41) is 4.06. The minimum Gasteiger partial charge on any atom is -0.459 e. The molecule has 1 heterocycles. The largest absolute Gasteiger partial charge is 0.459 e. The first-order valence-electron chi connectivity index (χ1n) is 10.7. The number of oxime groups is 1. The highest BCUT2D eigenvalue weighted by atomic mass is 19.1. The van der Waals surface area contributed by atoms with Crippen LogP contribution in [0.1, 0.15) is 38.8 Å². The molecule has 4 rings (SSSR count). The lowest BCUT2D eigenvalue weighted by Gasteiger charge is -2.23. The van der Waals surface area contributed by atoms with Crippen LogP contribution < -0.4 is 4.74 Å². The van der Waals surface area contributed by atoms with E-state index in [1.165, 1.54) is 31.4 Å². The van der Waals surface area contributed by atoms with Crippen LogP contribution in [0.15, 0.2) is 47.6 Å². The van der Waals surface area contributed by atoms with Gasteiger partial charge >= 0.3 is 5.97 Å². The molecule has 2 unspecified atom stereocenters. The molecule has 1 aromatic carbocycles. The van der Waals surface area contributed by atoms with Crippen LogP contribution in [0.3, 0.4) is 0 Å². The van der Waals surface area contributed by atoms with E-state index < -0.39 is 5.82 Å². The summed E-state index contributed by atoms with van der Waals surface area (Å²) in [7, 11) is 0. The van der Waals surface area contributed by atoms with Crippen molar-refractivity contribution >= 4 is 12.2 Å². The molecule has 0 radical (unpaired) electrons. The van der Waals surface area contributed by atoms with E-state index in [-0.39, 0.29) is 35.7 Å². The third-order valence-electron chi connectivity index (χ3n) is 6.19. The molecule has 0 aliphatic heterocycles. The fourth-order valence-corrected chi connectivity index (χ4v) is 3.77. The SMILES string of the molecule is CC1(C)C(/C=N/OCC2CCC2)C1C(=O)OCc1ccc(F)c(Oc2ccccc2)n1. The number of halogens is 1. The van der Waals surface area contributed by atoms with Crippen LogP contribution in [-0.2, 0) is 21.0 Å². The molecule has 2 aromatic rings. The molecule has 0 N–H and O–H groups in total. The summed E-state index contributed by atoms with van der Waals surface area (Å²) in [4.78, 5) is 22.1. The number of ether oxygens (including phenoxy) is 2. The average molecular weight is 426 g/mol. The maximum atomic E-state index is 14.0. The monoisotopic (exact) mass is 426 g/mol. The Hall–Kier alpha value is -2.96. The van der Waals surface area contributed by atoms with Crippen LogP contribution >= 0.6 is 0 Å². The van der Waals surface area contributed by atoms with E-state index >= 15 is 0 Å². The van der Waals surface area contributed by atoms with Crippen molar-refractivity contribution in [1.82, 2.24) is 4.98 Å². The first kappa shape index (κ1) is 21.3. The van der Waals surface area contributed by atoms with E-state index in [1.807, 2.05) is 19.9 Å². The number of carbonyl (C=O) groups excluding carboxylic acids is 1. The first-order chi connectivity index (χ1) is 14.9. The predicted octanol–water partition coefficient (Wildman–Crippen LogP) is 5.13. The van der Waals surface area contributed by atoms with E-state index in [0.717, 1.165) is 0 Å². The molecule has 2 aliphatic rings. The number of hydrogen-bond acceptors (Lipinski definition) is 6. The normalized spacial score (nSPS) is 22.0. The number of rotatable bonds is 9. The smallest absolute Gasteiger partial charge is 0.310 e. The van der Waals surface area contributed by atoms with E-state index in [2.05, 4.69) is 10.1 Å². The Morgan fingerprint density at radius 1 is 1.23 bits per heavy atom. The Labute approximate surface area is 181 Å². The Bertz CT molecular complexity index is 944. The van der Waals surface area contributed by atoms with E-state index in [4.69, 9.17) is 14.3 Å². The zero-order valence-electron chi connectivity index (χ0n) is 17.8. The molecule has 0 bridgehead atoms. The number of para-hydroxylation sites is 1. The van der Waals surface area contributed by atoms with Crippen molar-refractivity contribution in [2.24, 2.45) is 28.3 Å². The molecule has 2 fully saturated rings. The van der Waals surface area contributed by atoms with E-state index in [1.54, 1.807) is 30.5 Å². The van der Waals surface area contributed by atoms with Gasteiger partial charge in [0.1, 0.15) is 19.0 Å². The number of benzene rings is 1. The number of aromatic nitrogens is 1. The molecule has 6 nitrogen and oxygen atoms in total. The fraction of sp³-hybridized carbons (Fsp3) is 0.458. The van der Waals surface area contributed by atoms with E-state index in [9.17, 15) is 9.18 Å². The van der Waals surface area contributed by atoms with Crippen LogP contribution in [0.4, 0.5) is 4.39 Å². The second kappa shape index (κ2) is 9.04. The molecule has 2 saturated carbocycles. The summed E-state index contributed by atoms with van der Waals surface area (Å²) < 4.78 is 25.0. The highest BCUT2D eigenvalue weighted by Gasteiger charge is 2.62. The highest BCUT2D eigenvalue weighted by Crippen LogP contribution is 2.57. The van der Waals surface area contributed by atoms with Gasteiger partial charge in [0.25, 0.3) is 5.88 Å². The number of nitrogens with zero attached hydrogens (tertiary/aromatic N) is 2. The molecule has 164 valence electrons. The highest BCUT2D eigenvalue weighted by molar-refractivity contribution is 5.85. The Kier molecular flexibility index (Phi) is 6.20. The molecule has 0 amide bonds. The van der Waals surface area contributed by atoms with Crippen LogP contribution in [0, 0.1) is 29.0 Å². The summed E-state index contributed by atoms with van der Waals surface area (Å²) in [6.45, 7) is 4.59. The van der Waals surface area contributed by atoms with Crippen LogP contribution in [0.2, 0.25) is 0 Å². The minimum atomic E-state index is -0.583. The molecule has 2 aliphatic carbocycles. The average Bonchev–Trinajstić information content (AvgIpc) is 3.28. The Morgan fingerprint density at radius 2 is 2.00 bits per heavy atom. The van der Waals surface area contributed by atoms with Gasteiger partial charge in [-0.15, -0.1) is 0 Å². The molecule has 2 atom stereocenters. The van der Waals surface area contributed by atoms with Gasteiger partial charge in [-0.3, -0.25) is 4.79 Å². The topological polar surface area (TPSA) is 70.0 Å². The lowest BCUT2D eigenvalue weighted by molar-refractivity contribution is -0.147. The Morgan fingerprint density at radius 3 is 2.71 bits per heavy atom. The lowest BCUT2D eigenvalue weighted by atomic mass is 9.86. The first-order valence-corrected chi connectivity index (χ1v) is 10.7. The zero-order chi connectivity index (χ0) is 21.8. The predicted molar refractivity (Wildman–Crippen MR) is 113 cm³/mol. The molecule has 1 aromatic heterocycles. The maximum absolute atomic E-state index is 14.0. The van der Waals surface area contributed by atoms with Gasteiger partial charge in [-0.25, -0.2) is 9.37 Å². The summed E-state index contributed by atoms with van der Waals surface area (Å²) in [5.41, 5.74) is 0.172. The van der Waals surface area contributed by atoms with Gasteiger partial charge in [0.05, 0.1) is 11.6 Å². The number of hydrogen-bond donors (Lipinski definition) is 0. The van der Waals surface area contributed by atoms with Gasteiger partial charge in [-0.05, 0) is 48.4 Å². The third kappa shape index (κ3) is 5.03. The van der Waals surface area contributed by atoms with Gasteiger partial charge in [-0.1, -0.05) is 43.6 Å². The molecule has 0 saturated heterocycles. The summed E-state index contributed by atoms with van der Waals surface area (Å²) in [6, 6.07) is 11.6. The summed E-state index contributed by atoms with van der Waals surface area (Å²) in [6.07, 6.45) is 5.39. The van der Waals surface area contributed by atoms with Gasteiger partial charge in [0, 0.05) is 12.1 Å². The number of pyridine rings is 1. The van der Waals surface area contributed by atoms with Gasteiger partial charge < -0.3 is 14.3 Å². The second-order valence-corrected chi connectivity index (χ2v) is 8.78. The van der Waals surface area contributed by atoms with Crippen molar-refractivity contribution in [3.63, 3.8) is 0 Å². The standard InChI is InChI=1S/C24H27FN2O4/c1-24(2)19(13-26-30-14-16-7-6-8-16)21(24)23(28)29-15-17-11-12-20(25)22(27-17)31-18-9-4-3-5-10-18/h3-5,9-13,16,19,21H,6-8,14-15H2,1-2H3/b26-13+. The number of carbonyl (C=O) groups is 1. The maximum Gasteiger partial charge on any atom is 0.310 e. The van der Waals surface area contributed by atoms with Crippen LogP contribution in [-0.4, -0.2) is 23.8 Å². The van der Waals surface area contributed by atoms with Crippen molar-refractivity contribution in [3.05, 3.63) is 54.0 Å². The fourth-order valence-electron chi connectivity index (χ4n) is 3.77. The van der Waals surface area contributed by atoms with Crippen molar-refractivity contribution in [2.45, 2.75) is 39.7 Å². The second-order valence-electron chi connectivity index (χ2n) is 8.78. The summed E-state index contributed by atoms with van der Waals surface area (Å²) in [5.74, 6) is -0.283. The van der Waals surface area contributed by atoms with E-state index in [0.29, 0.717) is 24.0 Å². The van der Waals surface area contributed by atoms with Crippen LogP contribution in [0.5, 0.6) is 11.6 Å². The summed E-state index contributed by atoms with van der Waals surface area (Å²) >= 11 is 0. The minimum absolute atomic E-state index is 0.0282.